The molecule has 0 saturated carbocycles. The van der Waals surface area contributed by atoms with Gasteiger partial charge in [0.2, 0.25) is 0 Å². The molecule has 0 heterocycles. The quantitative estimate of drug-likeness (QED) is 0.469. The van der Waals surface area contributed by atoms with Crippen LogP contribution in [-0.2, 0) is 4.79 Å². The van der Waals surface area contributed by atoms with Gasteiger partial charge < -0.3 is 4.79 Å². The van der Waals surface area contributed by atoms with E-state index in [-0.39, 0.29) is 5.92 Å². The molecule has 0 amide bonds. The number of hydrogen-bond acceptors (Lipinski definition) is 1. The number of carbonyl (C=O) groups excluding carboxylic acids is 1. The van der Waals surface area contributed by atoms with Crippen molar-refractivity contribution in [3.63, 3.8) is 0 Å². The number of benzene rings is 1. The maximum absolute atomic E-state index is 11.0. The number of aldehydes is 1. The largest absolute Gasteiger partial charge is 0.303 e. The van der Waals surface area contributed by atoms with Crippen LogP contribution in [0.15, 0.2) is 30.3 Å². The van der Waals surface area contributed by atoms with Gasteiger partial charge in [0.1, 0.15) is 6.29 Å². The van der Waals surface area contributed by atoms with E-state index in [1.54, 1.807) is 0 Å². The van der Waals surface area contributed by atoms with Crippen LogP contribution in [0.1, 0.15) is 44.6 Å². The Balaban J connectivity index is 2.41. The number of rotatable bonds is 8. The lowest BCUT2D eigenvalue weighted by atomic mass is 10.0. The van der Waals surface area contributed by atoms with Crippen molar-refractivity contribution in [1.82, 2.24) is 0 Å². The highest BCUT2D eigenvalue weighted by Crippen LogP contribution is 2.14. The summed E-state index contributed by atoms with van der Waals surface area (Å²) in [5.41, 5.74) is 1.08. The molecule has 0 aliphatic carbocycles. The first-order valence-corrected chi connectivity index (χ1v) is 7.03. The van der Waals surface area contributed by atoms with E-state index in [2.05, 4.69) is 6.92 Å². The molecule has 0 aromatic heterocycles. The number of halogens is 1. The van der Waals surface area contributed by atoms with Crippen LogP contribution in [0, 0.1) is 5.92 Å². The average molecular weight is 265 g/mol. The summed E-state index contributed by atoms with van der Waals surface area (Å²) in [6.07, 6.45) is 10.8. The molecule has 18 heavy (non-hydrogen) atoms. The highest BCUT2D eigenvalue weighted by molar-refractivity contribution is 6.30. The Labute approximate surface area is 115 Å². The van der Waals surface area contributed by atoms with E-state index in [4.69, 9.17) is 11.6 Å². The molecule has 2 heteroatoms. The molecule has 0 fully saturated rings. The summed E-state index contributed by atoms with van der Waals surface area (Å²) in [5, 5.41) is 0.735. The minimum Gasteiger partial charge on any atom is -0.303 e. The molecule has 0 aliphatic heterocycles. The van der Waals surface area contributed by atoms with Crippen molar-refractivity contribution in [3.05, 3.63) is 40.9 Å². The smallest absolute Gasteiger partial charge is 0.126 e. The Hall–Kier alpha value is -1.08. The molecule has 1 rings (SSSR count). The molecule has 0 radical (unpaired) electrons. The molecular formula is C16H21ClO. The summed E-state index contributed by atoms with van der Waals surface area (Å²) in [6.45, 7) is 2.19. The summed E-state index contributed by atoms with van der Waals surface area (Å²) in [4.78, 5) is 11.0. The molecule has 1 aromatic rings. The van der Waals surface area contributed by atoms with E-state index >= 15 is 0 Å². The van der Waals surface area contributed by atoms with E-state index in [9.17, 15) is 4.79 Å². The molecule has 0 aliphatic rings. The normalized spacial score (nSPS) is 12.8. The van der Waals surface area contributed by atoms with E-state index in [0.29, 0.717) is 0 Å². The predicted molar refractivity (Wildman–Crippen MR) is 78.8 cm³/mol. The van der Waals surface area contributed by atoms with Crippen LogP contribution in [0.4, 0.5) is 0 Å². The summed E-state index contributed by atoms with van der Waals surface area (Å²) >= 11 is 5.82. The molecule has 0 N–H and O–H groups in total. The van der Waals surface area contributed by atoms with Gasteiger partial charge in [-0.15, -0.1) is 0 Å². The van der Waals surface area contributed by atoms with Gasteiger partial charge in [-0.3, -0.25) is 0 Å². The van der Waals surface area contributed by atoms with Gasteiger partial charge in [-0.1, -0.05) is 68.5 Å². The predicted octanol–water partition coefficient (Wildman–Crippen LogP) is 5.14. The Kier molecular flexibility index (Phi) is 7.43. The second-order valence-corrected chi connectivity index (χ2v) is 5.00. The van der Waals surface area contributed by atoms with Crippen LogP contribution in [0.3, 0.4) is 0 Å². The van der Waals surface area contributed by atoms with Crippen molar-refractivity contribution in [2.24, 2.45) is 5.92 Å². The molecule has 1 atom stereocenters. The maximum Gasteiger partial charge on any atom is 0.126 e. The third-order valence-electron chi connectivity index (χ3n) is 2.97. The van der Waals surface area contributed by atoms with Crippen molar-refractivity contribution >= 4 is 24.0 Å². The summed E-state index contributed by atoms with van der Waals surface area (Å²) in [5.74, 6) is 0.0394. The zero-order chi connectivity index (χ0) is 13.2. The fourth-order valence-corrected chi connectivity index (χ4v) is 1.95. The third kappa shape index (κ3) is 6.02. The van der Waals surface area contributed by atoms with E-state index in [1.807, 2.05) is 36.4 Å². The Morgan fingerprint density at radius 3 is 2.50 bits per heavy atom. The van der Waals surface area contributed by atoms with Crippen LogP contribution in [0.2, 0.25) is 5.02 Å². The van der Waals surface area contributed by atoms with E-state index < -0.39 is 0 Å². The Morgan fingerprint density at radius 2 is 1.89 bits per heavy atom. The average Bonchev–Trinajstić information content (AvgIpc) is 2.40. The highest BCUT2D eigenvalue weighted by Gasteiger charge is 2.02. The fraction of sp³-hybridized carbons (Fsp3) is 0.438. The van der Waals surface area contributed by atoms with Crippen molar-refractivity contribution in [3.8, 4) is 0 Å². The number of unbranched alkanes of at least 4 members (excludes halogenated alkanes) is 3. The summed E-state index contributed by atoms with van der Waals surface area (Å²) in [7, 11) is 0. The Bertz CT molecular complexity index is 367. The van der Waals surface area contributed by atoms with Crippen LogP contribution in [0.25, 0.3) is 6.08 Å². The van der Waals surface area contributed by atoms with Crippen molar-refractivity contribution in [2.75, 3.05) is 0 Å². The number of carbonyl (C=O) groups is 1. The minimum atomic E-state index is 0.0394. The second-order valence-electron chi connectivity index (χ2n) is 4.56. The highest BCUT2D eigenvalue weighted by atomic mass is 35.5. The van der Waals surface area contributed by atoms with Crippen molar-refractivity contribution in [2.45, 2.75) is 39.0 Å². The zero-order valence-electron chi connectivity index (χ0n) is 10.9. The van der Waals surface area contributed by atoms with Gasteiger partial charge in [0.05, 0.1) is 0 Å². The van der Waals surface area contributed by atoms with Gasteiger partial charge in [0.15, 0.2) is 0 Å². The van der Waals surface area contributed by atoms with Crippen molar-refractivity contribution < 1.29 is 4.79 Å². The molecule has 98 valence electrons. The van der Waals surface area contributed by atoms with E-state index in [0.717, 1.165) is 29.7 Å². The van der Waals surface area contributed by atoms with Crippen LogP contribution in [0.5, 0.6) is 0 Å². The summed E-state index contributed by atoms with van der Waals surface area (Å²) < 4.78 is 0. The van der Waals surface area contributed by atoms with Crippen LogP contribution in [-0.4, -0.2) is 6.29 Å². The third-order valence-corrected chi connectivity index (χ3v) is 3.22. The number of hydrogen-bond donors (Lipinski definition) is 0. The molecule has 0 bridgehead atoms. The lowest BCUT2D eigenvalue weighted by Gasteiger charge is -2.04. The topological polar surface area (TPSA) is 17.1 Å². The lowest BCUT2D eigenvalue weighted by Crippen LogP contribution is -1.97. The van der Waals surface area contributed by atoms with Gasteiger partial charge in [-0.05, 0) is 24.1 Å². The molecule has 1 aromatic carbocycles. The molecule has 0 saturated heterocycles. The van der Waals surface area contributed by atoms with E-state index in [1.165, 1.54) is 19.3 Å². The minimum absolute atomic E-state index is 0.0394. The van der Waals surface area contributed by atoms with Gasteiger partial charge >= 0.3 is 0 Å². The van der Waals surface area contributed by atoms with Gasteiger partial charge in [0.25, 0.3) is 0 Å². The fourth-order valence-electron chi connectivity index (χ4n) is 1.83. The first kappa shape index (κ1) is 15.0. The van der Waals surface area contributed by atoms with Gasteiger partial charge in [-0.2, -0.15) is 0 Å². The van der Waals surface area contributed by atoms with Gasteiger partial charge in [0, 0.05) is 10.9 Å². The first-order valence-electron chi connectivity index (χ1n) is 6.65. The van der Waals surface area contributed by atoms with Crippen LogP contribution >= 0.6 is 11.6 Å². The van der Waals surface area contributed by atoms with Gasteiger partial charge in [-0.25, -0.2) is 0 Å². The monoisotopic (exact) mass is 264 g/mol. The second kappa shape index (κ2) is 8.93. The molecule has 0 spiro atoms. The first-order chi connectivity index (χ1) is 8.76. The zero-order valence-corrected chi connectivity index (χ0v) is 11.7. The standard InChI is InChI=1S/C16H21ClO/c1-2-3-4-5-6-15(13-18)8-7-14-9-11-16(17)12-10-14/h7-13,15H,2-6H2,1H3/b8-7+/t15-/m1/s1. The number of allylic oxidation sites excluding steroid dienone is 1. The van der Waals surface area contributed by atoms with Crippen LogP contribution < -0.4 is 0 Å². The SMILES string of the molecule is CCCCCC[C@@H](C=O)/C=C/c1ccc(Cl)cc1. The van der Waals surface area contributed by atoms with Crippen molar-refractivity contribution in [1.29, 1.82) is 0 Å². The molecule has 1 nitrogen and oxygen atoms in total. The molecule has 0 unspecified atom stereocenters. The maximum atomic E-state index is 11.0. The molecular weight excluding hydrogens is 244 g/mol. The lowest BCUT2D eigenvalue weighted by molar-refractivity contribution is -0.110. The summed E-state index contributed by atoms with van der Waals surface area (Å²) in [6, 6.07) is 7.63. The Morgan fingerprint density at radius 1 is 1.17 bits per heavy atom.